The van der Waals surface area contributed by atoms with Crippen LogP contribution in [0.5, 0.6) is 5.88 Å². The third kappa shape index (κ3) is 6.02. The van der Waals surface area contributed by atoms with E-state index in [0.717, 1.165) is 6.07 Å². The minimum Gasteiger partial charge on any atom is -0.405 e. The van der Waals surface area contributed by atoms with Gasteiger partial charge in [-0.05, 0) is 6.92 Å². The first-order valence-electron chi connectivity index (χ1n) is 7.24. The zero-order valence-corrected chi connectivity index (χ0v) is 15.8. The molecule has 1 heterocycles. The molecule has 1 aromatic rings. The van der Waals surface area contributed by atoms with Crippen LogP contribution in [0.1, 0.15) is 32.5 Å². The smallest absolute Gasteiger partial charge is 0.382 e. The second-order valence-electron chi connectivity index (χ2n) is 5.30. The first-order chi connectivity index (χ1) is 11.4. The summed E-state index contributed by atoms with van der Waals surface area (Å²) in [6.45, 7) is -0.541. The molecule has 0 fully saturated rings. The van der Waals surface area contributed by atoms with Crippen LogP contribution in [0, 0.1) is 0 Å². The summed E-state index contributed by atoms with van der Waals surface area (Å²) in [5.41, 5.74) is -0.468. The van der Waals surface area contributed by atoms with Crippen LogP contribution < -0.4 is 10.1 Å². The lowest BCUT2D eigenvalue weighted by Crippen LogP contribution is -2.32. The maximum absolute atomic E-state index is 13.1. The predicted molar refractivity (Wildman–Crippen MR) is 87.0 cm³/mol. The van der Waals surface area contributed by atoms with Gasteiger partial charge >= 0.3 is 19.1 Å². The molecule has 0 aliphatic carbocycles. The summed E-state index contributed by atoms with van der Waals surface area (Å²) in [7, 11) is 1.51. The first kappa shape index (κ1) is 22.0. The van der Waals surface area contributed by atoms with Gasteiger partial charge in [-0.3, -0.25) is 18.4 Å². The lowest BCUT2D eigenvalue weighted by Gasteiger charge is -2.24. The Morgan fingerprint density at radius 3 is 2.44 bits per heavy atom. The Labute approximate surface area is 147 Å². The van der Waals surface area contributed by atoms with Gasteiger partial charge in [0.25, 0.3) is 5.56 Å². The van der Waals surface area contributed by atoms with E-state index in [0.29, 0.717) is 5.82 Å². The van der Waals surface area contributed by atoms with Crippen LogP contribution in [0.3, 0.4) is 0 Å². The third-order valence-electron chi connectivity index (χ3n) is 2.89. The normalized spacial score (nSPS) is 14.8. The molecular weight excluding hydrogens is 387 g/mol. The van der Waals surface area contributed by atoms with E-state index < -0.39 is 31.2 Å². The summed E-state index contributed by atoms with van der Waals surface area (Å²) in [4.78, 5) is 16.0. The van der Waals surface area contributed by atoms with Crippen molar-refractivity contribution in [3.05, 3.63) is 22.2 Å². The van der Waals surface area contributed by atoms with Crippen LogP contribution in [0.25, 0.3) is 0 Å². The van der Waals surface area contributed by atoms with E-state index in [9.17, 15) is 22.4 Å². The van der Waals surface area contributed by atoms with E-state index in [1.165, 1.54) is 18.5 Å². The van der Waals surface area contributed by atoms with E-state index in [1.807, 2.05) is 0 Å². The molecule has 1 unspecified atom stereocenters. The number of aromatic nitrogens is 2. The van der Waals surface area contributed by atoms with Gasteiger partial charge < -0.3 is 4.52 Å². The summed E-state index contributed by atoms with van der Waals surface area (Å²) in [5, 5.41) is 0. The topological polar surface area (TPSA) is 62.6 Å². The highest BCUT2D eigenvalue weighted by molar-refractivity contribution is 8.07. The van der Waals surface area contributed by atoms with Gasteiger partial charge in [0.05, 0.1) is 12.7 Å². The van der Waals surface area contributed by atoms with Crippen molar-refractivity contribution in [3.8, 4) is 5.88 Å². The zero-order chi connectivity index (χ0) is 19.4. The highest BCUT2D eigenvalue weighted by atomic mass is 32.5. The highest BCUT2D eigenvalue weighted by Gasteiger charge is 2.43. The summed E-state index contributed by atoms with van der Waals surface area (Å²) < 4.78 is 66.8. The van der Waals surface area contributed by atoms with E-state index >= 15 is 0 Å². The van der Waals surface area contributed by atoms with Gasteiger partial charge in [-0.25, -0.2) is 8.78 Å². The molecule has 0 N–H and O–H groups in total. The molecule has 1 aromatic heterocycles. The lowest BCUT2D eigenvalue weighted by atomic mass is 10.2. The minimum absolute atomic E-state index is 0.0700. The van der Waals surface area contributed by atoms with Crippen molar-refractivity contribution in [1.82, 2.24) is 9.55 Å². The molecule has 25 heavy (non-hydrogen) atoms. The predicted octanol–water partition coefficient (Wildman–Crippen LogP) is 3.46. The van der Waals surface area contributed by atoms with E-state index in [4.69, 9.17) is 20.9 Å². The van der Waals surface area contributed by atoms with Crippen molar-refractivity contribution < 1.29 is 31.1 Å². The van der Waals surface area contributed by atoms with Crippen molar-refractivity contribution in [2.75, 3.05) is 13.2 Å². The molecule has 1 atom stereocenters. The standard InChI is InChI=1S/C13H19F4N2O4PS/c1-5-21-24(25,22-7-13(16,17)12(14)15)23-9-6-10(20)19(4)11(18-9)8(2)3/h6,8,12H,5,7H2,1-4H3. The highest BCUT2D eigenvalue weighted by Crippen LogP contribution is 2.50. The minimum atomic E-state index is -4.41. The molecule has 144 valence electrons. The molecule has 0 radical (unpaired) electrons. The Balaban J connectivity index is 3.09. The molecule has 0 saturated carbocycles. The molecule has 1 rings (SSSR count). The zero-order valence-electron chi connectivity index (χ0n) is 14.0. The Hall–Kier alpha value is -1.03. The molecule has 0 spiro atoms. The summed E-state index contributed by atoms with van der Waals surface area (Å²) >= 11 is 4.94. The van der Waals surface area contributed by atoms with E-state index in [-0.39, 0.29) is 18.4 Å². The van der Waals surface area contributed by atoms with Crippen LogP contribution >= 0.6 is 6.72 Å². The Kier molecular flexibility index (Phi) is 7.54. The Morgan fingerprint density at radius 2 is 1.96 bits per heavy atom. The van der Waals surface area contributed by atoms with Gasteiger partial charge in [0.2, 0.25) is 5.88 Å². The van der Waals surface area contributed by atoms with E-state index in [2.05, 4.69) is 9.51 Å². The van der Waals surface area contributed by atoms with Crippen molar-refractivity contribution >= 4 is 18.5 Å². The summed E-state index contributed by atoms with van der Waals surface area (Å²) in [6.07, 6.45) is -3.92. The van der Waals surface area contributed by atoms with Crippen molar-refractivity contribution in [3.63, 3.8) is 0 Å². The number of nitrogens with zero attached hydrogens (tertiary/aromatic N) is 2. The van der Waals surface area contributed by atoms with Gasteiger partial charge in [0.15, 0.2) is 0 Å². The largest absolute Gasteiger partial charge is 0.405 e. The van der Waals surface area contributed by atoms with Gasteiger partial charge in [0.1, 0.15) is 12.4 Å². The van der Waals surface area contributed by atoms with Crippen molar-refractivity contribution in [2.45, 2.75) is 39.0 Å². The number of hydrogen-bond acceptors (Lipinski definition) is 6. The van der Waals surface area contributed by atoms with Crippen molar-refractivity contribution in [1.29, 1.82) is 0 Å². The fourth-order valence-electron chi connectivity index (χ4n) is 1.69. The molecule has 6 nitrogen and oxygen atoms in total. The van der Waals surface area contributed by atoms with Gasteiger partial charge in [-0.15, -0.1) is 0 Å². The quantitative estimate of drug-likeness (QED) is 0.462. The third-order valence-corrected chi connectivity index (χ3v) is 5.18. The second-order valence-corrected chi connectivity index (χ2v) is 8.23. The monoisotopic (exact) mass is 406 g/mol. The molecule has 12 heteroatoms. The van der Waals surface area contributed by atoms with Crippen LogP contribution in [0.4, 0.5) is 17.6 Å². The first-order valence-corrected chi connectivity index (χ1v) is 9.80. The summed E-state index contributed by atoms with van der Waals surface area (Å²) in [6, 6.07) is 0.987. The summed E-state index contributed by atoms with van der Waals surface area (Å²) in [5.74, 6) is -4.47. The fraction of sp³-hybridized carbons (Fsp3) is 0.692. The lowest BCUT2D eigenvalue weighted by molar-refractivity contribution is -0.149. The van der Waals surface area contributed by atoms with E-state index in [1.54, 1.807) is 13.8 Å². The van der Waals surface area contributed by atoms with Gasteiger partial charge in [-0.2, -0.15) is 13.8 Å². The Morgan fingerprint density at radius 1 is 1.36 bits per heavy atom. The SMILES string of the molecule is CCOP(=S)(OCC(F)(F)C(F)F)Oc1cc(=O)n(C)c(C(C)C)n1. The number of hydrogen-bond donors (Lipinski definition) is 0. The average Bonchev–Trinajstić information content (AvgIpc) is 2.48. The average molecular weight is 406 g/mol. The van der Waals surface area contributed by atoms with Crippen molar-refractivity contribution in [2.24, 2.45) is 7.05 Å². The Bertz CT molecular complexity index is 699. The second kappa shape index (κ2) is 8.57. The molecule has 0 bridgehead atoms. The van der Waals surface area contributed by atoms with Crippen LogP contribution in [0.2, 0.25) is 0 Å². The van der Waals surface area contributed by atoms with Crippen LogP contribution in [-0.4, -0.2) is 35.1 Å². The molecule has 0 saturated heterocycles. The number of alkyl halides is 4. The molecule has 0 aliphatic rings. The van der Waals surface area contributed by atoms with Gasteiger partial charge in [0, 0.05) is 24.8 Å². The maximum Gasteiger partial charge on any atom is 0.382 e. The fourth-order valence-corrected chi connectivity index (χ4v) is 3.54. The molecule has 0 aliphatic heterocycles. The molecule has 0 amide bonds. The van der Waals surface area contributed by atoms with Gasteiger partial charge in [-0.1, -0.05) is 13.8 Å². The number of rotatable bonds is 9. The van der Waals surface area contributed by atoms with Crippen LogP contribution in [0.15, 0.2) is 10.9 Å². The maximum atomic E-state index is 13.1. The molecular formula is C13H19F4N2O4PS. The van der Waals surface area contributed by atoms with Crippen LogP contribution in [-0.2, 0) is 27.9 Å². The molecule has 0 aromatic carbocycles. The number of halogens is 4.